The van der Waals surface area contributed by atoms with Gasteiger partial charge in [-0.05, 0) is 6.07 Å². The van der Waals surface area contributed by atoms with E-state index in [1.165, 1.54) is 12.3 Å². The van der Waals surface area contributed by atoms with Gasteiger partial charge in [0.2, 0.25) is 0 Å². The number of hydrogen-bond donors (Lipinski definition) is 3. The van der Waals surface area contributed by atoms with Crippen molar-refractivity contribution in [2.75, 3.05) is 5.73 Å². The van der Waals surface area contributed by atoms with Crippen molar-refractivity contribution in [1.29, 1.82) is 0 Å². The number of carbonyl (C=O) groups is 1. The molecule has 0 radical (unpaired) electrons. The molecule has 0 saturated heterocycles. The van der Waals surface area contributed by atoms with Crippen molar-refractivity contribution in [2.45, 2.75) is 0 Å². The monoisotopic (exact) mass is 210 g/mol. The molecule has 0 unspecified atom stereocenters. The summed E-state index contributed by atoms with van der Waals surface area (Å²) in [6, 6.07) is 1.37. The van der Waals surface area contributed by atoms with E-state index in [1.54, 1.807) is 0 Å². The Bertz CT molecular complexity index is 521. The molecule has 2 aromatic heterocycles. The summed E-state index contributed by atoms with van der Waals surface area (Å²) in [4.78, 5) is 15.1. The number of pyridine rings is 1. The van der Waals surface area contributed by atoms with E-state index in [0.29, 0.717) is 10.2 Å². The Labute approximate surface area is 82.4 Å². The van der Waals surface area contributed by atoms with Crippen LogP contribution in [0, 0.1) is 0 Å². The third-order valence-corrected chi connectivity index (χ3v) is 2.90. The number of aromatic hydroxyl groups is 1. The summed E-state index contributed by atoms with van der Waals surface area (Å²) < 4.78 is 0. The van der Waals surface area contributed by atoms with Crippen molar-refractivity contribution in [2.24, 2.45) is 0 Å². The molecule has 2 aromatic rings. The van der Waals surface area contributed by atoms with Crippen LogP contribution in [-0.4, -0.2) is 21.2 Å². The third kappa shape index (κ3) is 1.08. The van der Waals surface area contributed by atoms with Crippen LogP contribution in [0.5, 0.6) is 5.75 Å². The molecule has 0 amide bonds. The van der Waals surface area contributed by atoms with E-state index >= 15 is 0 Å². The Morgan fingerprint density at radius 1 is 1.57 bits per heavy atom. The van der Waals surface area contributed by atoms with Gasteiger partial charge in [-0.1, -0.05) is 0 Å². The smallest absolute Gasteiger partial charge is 0.348 e. The summed E-state index contributed by atoms with van der Waals surface area (Å²) >= 11 is 0.951. The van der Waals surface area contributed by atoms with E-state index in [0.717, 1.165) is 11.3 Å². The number of nitrogens with zero attached hydrogens (tertiary/aromatic N) is 1. The highest BCUT2D eigenvalue weighted by Crippen LogP contribution is 2.37. The molecule has 2 heterocycles. The standard InChI is InChI=1S/C8H6N2O3S/c9-5-4-3(11)1-2-10-7(4)14-6(5)8(12)13/h1-2H,9H2,(H,10,11)(H,12,13). The van der Waals surface area contributed by atoms with Crippen molar-refractivity contribution in [3.63, 3.8) is 0 Å². The summed E-state index contributed by atoms with van der Waals surface area (Å²) in [5, 5.41) is 18.5. The van der Waals surface area contributed by atoms with E-state index in [-0.39, 0.29) is 16.3 Å². The van der Waals surface area contributed by atoms with Gasteiger partial charge >= 0.3 is 5.97 Å². The Kier molecular flexibility index (Phi) is 1.78. The second kappa shape index (κ2) is 2.85. The SMILES string of the molecule is Nc1c(C(=O)O)sc2nccc(O)c12. The van der Waals surface area contributed by atoms with Crippen LogP contribution in [0.4, 0.5) is 5.69 Å². The molecule has 0 aromatic carbocycles. The lowest BCUT2D eigenvalue weighted by molar-refractivity contribution is 0.0703. The Morgan fingerprint density at radius 3 is 2.86 bits per heavy atom. The molecule has 0 aliphatic heterocycles. The number of aromatic nitrogens is 1. The number of rotatable bonds is 1. The molecule has 0 aliphatic carbocycles. The minimum absolute atomic E-state index is 0.00833. The summed E-state index contributed by atoms with van der Waals surface area (Å²) in [5.41, 5.74) is 5.64. The second-order valence-corrected chi connectivity index (χ2v) is 3.66. The highest BCUT2D eigenvalue weighted by atomic mass is 32.1. The van der Waals surface area contributed by atoms with Gasteiger partial charge in [0, 0.05) is 6.20 Å². The van der Waals surface area contributed by atoms with Crippen LogP contribution in [-0.2, 0) is 0 Å². The number of carboxylic acid groups (broad SMARTS) is 1. The van der Waals surface area contributed by atoms with E-state index in [4.69, 9.17) is 10.8 Å². The second-order valence-electron chi connectivity index (χ2n) is 2.66. The number of nitrogens with two attached hydrogens (primary N) is 1. The summed E-state index contributed by atoms with van der Waals surface area (Å²) in [7, 11) is 0. The average Bonchev–Trinajstić information content (AvgIpc) is 2.45. The van der Waals surface area contributed by atoms with Crippen molar-refractivity contribution in [3.8, 4) is 5.75 Å². The van der Waals surface area contributed by atoms with Gasteiger partial charge in [0.15, 0.2) is 0 Å². The minimum atomic E-state index is -1.11. The van der Waals surface area contributed by atoms with Crippen LogP contribution in [0.25, 0.3) is 10.2 Å². The summed E-state index contributed by atoms with van der Waals surface area (Å²) in [5.74, 6) is -1.15. The van der Waals surface area contributed by atoms with Crippen molar-refractivity contribution >= 4 is 33.2 Å². The topological polar surface area (TPSA) is 96.4 Å². The predicted molar refractivity (Wildman–Crippen MR) is 52.7 cm³/mol. The van der Waals surface area contributed by atoms with Gasteiger partial charge in [0.25, 0.3) is 0 Å². The molecule has 0 spiro atoms. The van der Waals surface area contributed by atoms with Crippen LogP contribution in [0.1, 0.15) is 9.67 Å². The zero-order valence-corrected chi connectivity index (χ0v) is 7.71. The highest BCUT2D eigenvalue weighted by Gasteiger charge is 2.18. The van der Waals surface area contributed by atoms with E-state index in [2.05, 4.69) is 4.98 Å². The molecule has 0 atom stereocenters. The molecule has 72 valence electrons. The zero-order chi connectivity index (χ0) is 10.3. The van der Waals surface area contributed by atoms with Crippen LogP contribution < -0.4 is 5.73 Å². The Balaban J connectivity index is 2.87. The Hall–Kier alpha value is -1.82. The molecule has 6 heteroatoms. The molecule has 0 saturated carbocycles. The molecule has 0 aliphatic rings. The first-order valence-electron chi connectivity index (χ1n) is 3.70. The molecule has 0 bridgehead atoms. The van der Waals surface area contributed by atoms with Crippen molar-refractivity contribution < 1.29 is 15.0 Å². The fraction of sp³-hybridized carbons (Fsp3) is 0. The van der Waals surface area contributed by atoms with E-state index in [9.17, 15) is 9.90 Å². The highest BCUT2D eigenvalue weighted by molar-refractivity contribution is 7.21. The lowest BCUT2D eigenvalue weighted by Gasteiger charge is -1.94. The number of hydrogen-bond acceptors (Lipinski definition) is 5. The maximum atomic E-state index is 10.7. The number of aromatic carboxylic acids is 1. The number of carboxylic acids is 1. The van der Waals surface area contributed by atoms with E-state index < -0.39 is 5.97 Å². The maximum absolute atomic E-state index is 10.7. The van der Waals surface area contributed by atoms with Gasteiger partial charge in [-0.25, -0.2) is 9.78 Å². The van der Waals surface area contributed by atoms with Crippen molar-refractivity contribution in [1.82, 2.24) is 4.98 Å². The number of anilines is 1. The fourth-order valence-corrected chi connectivity index (χ4v) is 2.11. The molecule has 14 heavy (non-hydrogen) atoms. The molecule has 2 rings (SSSR count). The lowest BCUT2D eigenvalue weighted by atomic mass is 10.2. The van der Waals surface area contributed by atoms with Gasteiger partial charge in [-0.3, -0.25) is 0 Å². The van der Waals surface area contributed by atoms with Gasteiger partial charge in [0.05, 0.1) is 11.1 Å². The number of fused-ring (bicyclic) bond motifs is 1. The number of thiophene rings is 1. The molecular weight excluding hydrogens is 204 g/mol. The first-order chi connectivity index (χ1) is 6.61. The van der Waals surface area contributed by atoms with Crippen LogP contribution >= 0.6 is 11.3 Å². The minimum Gasteiger partial charge on any atom is -0.507 e. The largest absolute Gasteiger partial charge is 0.507 e. The van der Waals surface area contributed by atoms with Crippen molar-refractivity contribution in [3.05, 3.63) is 17.1 Å². The van der Waals surface area contributed by atoms with Gasteiger partial charge in [0.1, 0.15) is 15.5 Å². The number of nitrogen functional groups attached to an aromatic ring is 1. The lowest BCUT2D eigenvalue weighted by Crippen LogP contribution is -1.97. The molecule has 5 nitrogen and oxygen atoms in total. The van der Waals surface area contributed by atoms with Gasteiger partial charge < -0.3 is 15.9 Å². The van der Waals surface area contributed by atoms with Crippen LogP contribution in [0.2, 0.25) is 0 Å². The third-order valence-electron chi connectivity index (χ3n) is 1.80. The predicted octanol–water partition coefficient (Wildman–Crippen LogP) is 1.28. The van der Waals surface area contributed by atoms with Crippen LogP contribution in [0.3, 0.4) is 0 Å². The van der Waals surface area contributed by atoms with Crippen LogP contribution in [0.15, 0.2) is 12.3 Å². The first kappa shape index (κ1) is 8.76. The molecule has 0 fully saturated rings. The first-order valence-corrected chi connectivity index (χ1v) is 4.52. The summed E-state index contributed by atoms with van der Waals surface area (Å²) in [6.07, 6.45) is 1.40. The molecular formula is C8H6N2O3S. The molecule has 4 N–H and O–H groups in total. The van der Waals surface area contributed by atoms with E-state index in [1.807, 2.05) is 0 Å². The normalized spacial score (nSPS) is 10.6. The average molecular weight is 210 g/mol. The summed E-state index contributed by atoms with van der Waals surface area (Å²) in [6.45, 7) is 0. The van der Waals surface area contributed by atoms with Gasteiger partial charge in [-0.2, -0.15) is 0 Å². The zero-order valence-electron chi connectivity index (χ0n) is 6.89. The fourth-order valence-electron chi connectivity index (χ4n) is 1.19. The quantitative estimate of drug-likeness (QED) is 0.658. The Morgan fingerprint density at radius 2 is 2.29 bits per heavy atom. The van der Waals surface area contributed by atoms with Gasteiger partial charge in [-0.15, -0.1) is 11.3 Å². The maximum Gasteiger partial charge on any atom is 0.348 e.